The minimum atomic E-state index is -0.0806. The van der Waals surface area contributed by atoms with Gasteiger partial charge in [0.05, 0.1) is 6.61 Å². The number of carbonyl (C=O) groups excluding carboxylic acids is 1. The van der Waals surface area contributed by atoms with Gasteiger partial charge >= 0.3 is 0 Å². The van der Waals surface area contributed by atoms with Crippen LogP contribution in [0.15, 0.2) is 35.3 Å². The molecular formula is C17H29IN4O2. The van der Waals surface area contributed by atoms with Crippen LogP contribution in [-0.4, -0.2) is 51.3 Å². The first-order chi connectivity index (χ1) is 11.3. The molecule has 0 aromatic heterocycles. The third-order valence-electron chi connectivity index (χ3n) is 3.05. The fourth-order valence-corrected chi connectivity index (χ4v) is 1.93. The summed E-state index contributed by atoms with van der Waals surface area (Å²) in [4.78, 5) is 16.1. The number of ether oxygens (including phenoxy) is 1. The SMILES string of the molecule is CCNC(=NCC(=O)NCCc1ccccc1)NCCOCC.I. The zero-order valence-electron chi connectivity index (χ0n) is 14.5. The third-order valence-corrected chi connectivity index (χ3v) is 3.05. The van der Waals surface area contributed by atoms with Gasteiger partial charge in [0.25, 0.3) is 0 Å². The van der Waals surface area contributed by atoms with Crippen molar-refractivity contribution in [2.24, 2.45) is 4.99 Å². The highest BCUT2D eigenvalue weighted by Gasteiger charge is 2.02. The van der Waals surface area contributed by atoms with Gasteiger partial charge in [0.1, 0.15) is 6.54 Å². The van der Waals surface area contributed by atoms with Gasteiger partial charge in [-0.1, -0.05) is 30.3 Å². The molecule has 1 aromatic rings. The fraction of sp³-hybridized carbons (Fsp3) is 0.529. The van der Waals surface area contributed by atoms with Crippen molar-refractivity contribution in [2.45, 2.75) is 20.3 Å². The number of halogens is 1. The number of nitrogens with one attached hydrogen (secondary N) is 3. The van der Waals surface area contributed by atoms with E-state index in [1.54, 1.807) is 0 Å². The van der Waals surface area contributed by atoms with Gasteiger partial charge in [-0.2, -0.15) is 0 Å². The summed E-state index contributed by atoms with van der Waals surface area (Å²) in [5.74, 6) is 0.549. The van der Waals surface area contributed by atoms with Gasteiger partial charge < -0.3 is 20.7 Å². The summed E-state index contributed by atoms with van der Waals surface area (Å²) >= 11 is 0. The smallest absolute Gasteiger partial charge is 0.241 e. The van der Waals surface area contributed by atoms with Crippen molar-refractivity contribution in [3.63, 3.8) is 0 Å². The zero-order chi connectivity index (χ0) is 16.8. The lowest BCUT2D eigenvalue weighted by atomic mass is 10.1. The highest BCUT2D eigenvalue weighted by molar-refractivity contribution is 14.0. The Morgan fingerprint density at radius 3 is 2.50 bits per heavy atom. The summed E-state index contributed by atoms with van der Waals surface area (Å²) in [5, 5.41) is 9.11. The van der Waals surface area contributed by atoms with Crippen LogP contribution in [0, 0.1) is 0 Å². The molecule has 0 spiro atoms. The van der Waals surface area contributed by atoms with Crippen molar-refractivity contribution in [1.29, 1.82) is 0 Å². The molecule has 1 amide bonds. The van der Waals surface area contributed by atoms with Gasteiger partial charge in [0.2, 0.25) is 5.91 Å². The Hall–Kier alpha value is -1.35. The van der Waals surface area contributed by atoms with Crippen molar-refractivity contribution >= 4 is 35.8 Å². The maximum atomic E-state index is 11.8. The van der Waals surface area contributed by atoms with Gasteiger partial charge in [0.15, 0.2) is 5.96 Å². The Bertz CT molecular complexity index is 469. The molecule has 1 rings (SSSR count). The summed E-state index contributed by atoms with van der Waals surface area (Å²) in [6.45, 7) is 7.39. The van der Waals surface area contributed by atoms with Crippen molar-refractivity contribution in [3.8, 4) is 0 Å². The predicted octanol–water partition coefficient (Wildman–Crippen LogP) is 1.55. The van der Waals surface area contributed by atoms with Gasteiger partial charge in [-0.15, -0.1) is 24.0 Å². The van der Waals surface area contributed by atoms with Crippen molar-refractivity contribution in [1.82, 2.24) is 16.0 Å². The summed E-state index contributed by atoms with van der Waals surface area (Å²) < 4.78 is 5.26. The van der Waals surface area contributed by atoms with E-state index in [0.717, 1.165) is 13.0 Å². The quantitative estimate of drug-likeness (QED) is 0.220. The lowest BCUT2D eigenvalue weighted by Crippen LogP contribution is -2.40. The van der Waals surface area contributed by atoms with Crippen molar-refractivity contribution in [3.05, 3.63) is 35.9 Å². The number of carbonyl (C=O) groups is 1. The van der Waals surface area contributed by atoms with Crippen LogP contribution in [0.3, 0.4) is 0 Å². The average molecular weight is 448 g/mol. The van der Waals surface area contributed by atoms with Crippen LogP contribution in [0.25, 0.3) is 0 Å². The average Bonchev–Trinajstić information content (AvgIpc) is 2.57. The molecule has 1 aromatic carbocycles. The van der Waals surface area contributed by atoms with Gasteiger partial charge in [-0.25, -0.2) is 4.99 Å². The molecular weight excluding hydrogens is 419 g/mol. The Labute approximate surface area is 161 Å². The van der Waals surface area contributed by atoms with E-state index in [9.17, 15) is 4.79 Å². The van der Waals surface area contributed by atoms with E-state index in [2.05, 4.69) is 33.1 Å². The normalized spacial score (nSPS) is 10.7. The maximum Gasteiger partial charge on any atom is 0.241 e. The molecule has 0 aliphatic carbocycles. The molecule has 3 N–H and O–H groups in total. The highest BCUT2D eigenvalue weighted by Crippen LogP contribution is 1.97. The molecule has 0 atom stereocenters. The molecule has 6 nitrogen and oxygen atoms in total. The second-order valence-electron chi connectivity index (χ2n) is 4.90. The van der Waals surface area contributed by atoms with Crippen molar-refractivity contribution < 1.29 is 9.53 Å². The van der Waals surface area contributed by atoms with Gasteiger partial charge in [0, 0.05) is 26.2 Å². The first-order valence-corrected chi connectivity index (χ1v) is 8.16. The molecule has 7 heteroatoms. The van der Waals surface area contributed by atoms with Gasteiger partial charge in [-0.3, -0.25) is 4.79 Å². The van der Waals surface area contributed by atoms with E-state index in [0.29, 0.717) is 32.3 Å². The molecule has 136 valence electrons. The van der Waals surface area contributed by atoms with Gasteiger partial charge in [-0.05, 0) is 25.8 Å². The molecule has 0 heterocycles. The summed E-state index contributed by atoms with van der Waals surface area (Å²) in [6.07, 6.45) is 0.822. The summed E-state index contributed by atoms with van der Waals surface area (Å²) in [7, 11) is 0. The Balaban J connectivity index is 0.00000529. The van der Waals surface area contributed by atoms with Crippen LogP contribution in [0.4, 0.5) is 0 Å². The number of hydrogen-bond donors (Lipinski definition) is 3. The van der Waals surface area contributed by atoms with E-state index in [1.807, 2.05) is 32.0 Å². The molecule has 0 bridgehead atoms. The number of guanidine groups is 1. The Morgan fingerprint density at radius 2 is 1.83 bits per heavy atom. The number of aliphatic imine (C=N–C) groups is 1. The Morgan fingerprint density at radius 1 is 1.08 bits per heavy atom. The van der Waals surface area contributed by atoms with Crippen LogP contribution in [-0.2, 0) is 16.0 Å². The minimum Gasteiger partial charge on any atom is -0.380 e. The highest BCUT2D eigenvalue weighted by atomic mass is 127. The number of amides is 1. The third kappa shape index (κ3) is 11.2. The minimum absolute atomic E-state index is 0. The molecule has 0 saturated heterocycles. The van der Waals surface area contributed by atoms with Crippen LogP contribution >= 0.6 is 24.0 Å². The number of hydrogen-bond acceptors (Lipinski definition) is 3. The van der Waals surface area contributed by atoms with Crippen LogP contribution in [0.1, 0.15) is 19.4 Å². The fourth-order valence-electron chi connectivity index (χ4n) is 1.93. The first kappa shape index (κ1) is 22.6. The second kappa shape index (κ2) is 15.2. The lowest BCUT2D eigenvalue weighted by molar-refractivity contribution is -0.119. The van der Waals surface area contributed by atoms with Crippen LogP contribution < -0.4 is 16.0 Å². The molecule has 0 unspecified atom stereocenters. The van der Waals surface area contributed by atoms with E-state index < -0.39 is 0 Å². The largest absolute Gasteiger partial charge is 0.380 e. The number of benzene rings is 1. The van der Waals surface area contributed by atoms with E-state index in [4.69, 9.17) is 4.74 Å². The molecule has 0 saturated carbocycles. The zero-order valence-corrected chi connectivity index (χ0v) is 16.8. The first-order valence-electron chi connectivity index (χ1n) is 8.16. The van der Waals surface area contributed by atoms with Crippen molar-refractivity contribution in [2.75, 3.05) is 39.4 Å². The summed E-state index contributed by atoms with van der Waals surface area (Å²) in [6, 6.07) is 10.1. The number of nitrogens with zero attached hydrogens (tertiary/aromatic N) is 1. The predicted molar refractivity (Wildman–Crippen MR) is 109 cm³/mol. The van der Waals surface area contributed by atoms with E-state index in [1.165, 1.54) is 5.56 Å². The molecule has 0 aliphatic rings. The molecule has 0 radical (unpaired) electrons. The van der Waals surface area contributed by atoms with E-state index >= 15 is 0 Å². The molecule has 0 fully saturated rings. The monoisotopic (exact) mass is 448 g/mol. The van der Waals surface area contributed by atoms with Crippen LogP contribution in [0.5, 0.6) is 0 Å². The Kier molecular flexibility index (Phi) is 14.3. The lowest BCUT2D eigenvalue weighted by Gasteiger charge is -2.11. The van der Waals surface area contributed by atoms with Crippen LogP contribution in [0.2, 0.25) is 0 Å². The second-order valence-corrected chi connectivity index (χ2v) is 4.90. The molecule has 0 aliphatic heterocycles. The van der Waals surface area contributed by atoms with E-state index in [-0.39, 0.29) is 36.4 Å². The topological polar surface area (TPSA) is 74.8 Å². The number of rotatable bonds is 10. The summed E-state index contributed by atoms with van der Waals surface area (Å²) in [5.41, 5.74) is 1.21. The molecule has 24 heavy (non-hydrogen) atoms. The standard InChI is InChI=1S/C17H28N4O2.HI/c1-3-18-17(20-12-13-23-4-2)21-14-16(22)19-11-10-15-8-6-5-7-9-15;/h5-9H,3-4,10-14H2,1-2H3,(H,19,22)(H2,18,20,21);1H. The maximum absolute atomic E-state index is 11.8.